The molecule has 26 heavy (non-hydrogen) atoms. The van der Waals surface area contributed by atoms with E-state index in [2.05, 4.69) is 0 Å². The van der Waals surface area contributed by atoms with Gasteiger partial charge in [0, 0.05) is 5.92 Å². The molecule has 0 aromatic heterocycles. The number of rotatable bonds is 3. The maximum atomic E-state index is 13.3. The van der Waals surface area contributed by atoms with Crippen LogP contribution in [-0.2, 0) is 14.3 Å². The molecule has 2 atom stereocenters. The molecule has 2 aliphatic rings. The Labute approximate surface area is 152 Å². The molecule has 1 aromatic carbocycles. The van der Waals surface area contributed by atoms with E-state index in [4.69, 9.17) is 4.74 Å². The van der Waals surface area contributed by atoms with Gasteiger partial charge in [-0.2, -0.15) is 10.5 Å². The smallest absolute Gasteiger partial charge is 0.341 e. The number of carbonyl (C=O) groups excluding carboxylic acids is 2. The lowest BCUT2D eigenvalue weighted by Gasteiger charge is -2.43. The SMILES string of the molecule is CCOC(=O)C1=C2CCCC[C@H]2[C@H](c2ccccc2)C(C#N)(C#N)C1=O. The first-order chi connectivity index (χ1) is 12.6. The third-order valence-corrected chi connectivity index (χ3v) is 5.42. The average Bonchev–Trinajstić information content (AvgIpc) is 2.68. The molecule has 0 aliphatic heterocycles. The van der Waals surface area contributed by atoms with Gasteiger partial charge >= 0.3 is 5.97 Å². The molecule has 2 aliphatic carbocycles. The molecule has 0 unspecified atom stereocenters. The Bertz CT molecular complexity index is 828. The molecule has 0 radical (unpaired) electrons. The Morgan fingerprint density at radius 2 is 1.92 bits per heavy atom. The van der Waals surface area contributed by atoms with E-state index in [9.17, 15) is 20.1 Å². The number of ketones is 1. The monoisotopic (exact) mass is 348 g/mol. The molecule has 5 heteroatoms. The number of benzene rings is 1. The van der Waals surface area contributed by atoms with Crippen LogP contribution in [0, 0.1) is 34.0 Å². The summed E-state index contributed by atoms with van der Waals surface area (Å²) in [6, 6.07) is 13.2. The van der Waals surface area contributed by atoms with Crippen LogP contribution in [0.5, 0.6) is 0 Å². The number of nitrogens with zero attached hydrogens (tertiary/aromatic N) is 2. The molecule has 1 aromatic rings. The molecular weight excluding hydrogens is 328 g/mol. The van der Waals surface area contributed by atoms with E-state index in [1.165, 1.54) is 0 Å². The maximum Gasteiger partial charge on any atom is 0.341 e. The molecule has 1 saturated carbocycles. The fraction of sp³-hybridized carbons (Fsp3) is 0.429. The summed E-state index contributed by atoms with van der Waals surface area (Å²) in [6.07, 6.45) is 3.20. The minimum absolute atomic E-state index is 0.0631. The van der Waals surface area contributed by atoms with Gasteiger partial charge in [-0.05, 0) is 43.2 Å². The van der Waals surface area contributed by atoms with E-state index in [1.807, 2.05) is 42.5 Å². The zero-order chi connectivity index (χ0) is 18.7. The third-order valence-electron chi connectivity index (χ3n) is 5.42. The fourth-order valence-corrected chi connectivity index (χ4v) is 4.34. The zero-order valence-corrected chi connectivity index (χ0v) is 14.7. The standard InChI is InChI=1S/C21H20N2O3/c1-2-26-20(25)17-15-10-6-7-11-16(15)18(14-8-4-3-5-9-14)21(12-22,13-23)19(17)24/h3-5,8-9,16,18H,2,6-7,10-11H2,1H3/t16-,18+/m1/s1. The molecule has 1 fully saturated rings. The number of hydrogen-bond donors (Lipinski definition) is 0. The quantitative estimate of drug-likeness (QED) is 0.616. The van der Waals surface area contributed by atoms with E-state index in [0.29, 0.717) is 6.42 Å². The number of esters is 1. The van der Waals surface area contributed by atoms with Gasteiger partial charge in [-0.15, -0.1) is 0 Å². The van der Waals surface area contributed by atoms with Crippen LogP contribution in [0.25, 0.3) is 0 Å². The first-order valence-corrected chi connectivity index (χ1v) is 8.93. The summed E-state index contributed by atoms with van der Waals surface area (Å²) in [5.41, 5.74) is -0.424. The number of ether oxygens (including phenoxy) is 1. The van der Waals surface area contributed by atoms with Gasteiger partial charge in [-0.25, -0.2) is 4.79 Å². The highest BCUT2D eigenvalue weighted by Gasteiger charge is 2.58. The Morgan fingerprint density at radius 1 is 1.23 bits per heavy atom. The van der Waals surface area contributed by atoms with Crippen molar-refractivity contribution in [3.05, 3.63) is 47.0 Å². The second kappa shape index (κ2) is 7.14. The summed E-state index contributed by atoms with van der Waals surface area (Å²) < 4.78 is 5.09. The van der Waals surface area contributed by atoms with Crippen molar-refractivity contribution in [2.24, 2.45) is 11.3 Å². The van der Waals surface area contributed by atoms with Crippen molar-refractivity contribution < 1.29 is 14.3 Å². The van der Waals surface area contributed by atoms with Crippen molar-refractivity contribution in [1.29, 1.82) is 10.5 Å². The van der Waals surface area contributed by atoms with E-state index >= 15 is 0 Å². The fourth-order valence-electron chi connectivity index (χ4n) is 4.34. The van der Waals surface area contributed by atoms with Crippen molar-refractivity contribution >= 4 is 11.8 Å². The highest BCUT2D eigenvalue weighted by molar-refractivity contribution is 6.23. The molecule has 0 saturated heterocycles. The van der Waals surface area contributed by atoms with Gasteiger partial charge in [0.05, 0.1) is 18.7 Å². The summed E-state index contributed by atoms with van der Waals surface area (Å²) in [5, 5.41) is 19.8. The van der Waals surface area contributed by atoms with Gasteiger partial charge in [0.2, 0.25) is 11.2 Å². The average molecular weight is 348 g/mol. The van der Waals surface area contributed by atoms with Crippen LogP contribution in [0.3, 0.4) is 0 Å². The molecule has 5 nitrogen and oxygen atoms in total. The van der Waals surface area contributed by atoms with Gasteiger partial charge in [0.15, 0.2) is 0 Å². The Hall–Kier alpha value is -2.92. The highest BCUT2D eigenvalue weighted by Crippen LogP contribution is 2.54. The summed E-state index contributed by atoms with van der Waals surface area (Å²) in [4.78, 5) is 25.8. The summed E-state index contributed by atoms with van der Waals surface area (Å²) in [7, 11) is 0. The van der Waals surface area contributed by atoms with Crippen molar-refractivity contribution in [1.82, 2.24) is 0 Å². The third kappa shape index (κ3) is 2.61. The topological polar surface area (TPSA) is 90.9 Å². The van der Waals surface area contributed by atoms with Gasteiger partial charge in [0.1, 0.15) is 5.57 Å². The Balaban J connectivity index is 2.26. The normalized spacial score (nSPS) is 24.2. The maximum absolute atomic E-state index is 13.3. The van der Waals surface area contributed by atoms with Crippen LogP contribution in [0.2, 0.25) is 0 Å². The van der Waals surface area contributed by atoms with Crippen molar-refractivity contribution in [2.75, 3.05) is 6.61 Å². The molecule has 132 valence electrons. The molecule has 0 bridgehead atoms. The summed E-state index contributed by atoms with van der Waals surface area (Å²) >= 11 is 0. The van der Waals surface area contributed by atoms with Gasteiger partial charge in [-0.1, -0.05) is 36.8 Å². The number of carbonyl (C=O) groups is 2. The van der Waals surface area contributed by atoms with Crippen LogP contribution in [0.15, 0.2) is 41.5 Å². The van der Waals surface area contributed by atoms with E-state index in [1.54, 1.807) is 6.92 Å². The van der Waals surface area contributed by atoms with Crippen LogP contribution in [0.1, 0.15) is 44.1 Å². The second-order valence-electron chi connectivity index (χ2n) is 6.72. The summed E-state index contributed by atoms with van der Waals surface area (Å²) in [6.45, 7) is 1.81. The molecular formula is C21H20N2O3. The van der Waals surface area contributed by atoms with Gasteiger partial charge < -0.3 is 4.74 Å². The highest BCUT2D eigenvalue weighted by atomic mass is 16.5. The van der Waals surface area contributed by atoms with Crippen LogP contribution >= 0.6 is 0 Å². The van der Waals surface area contributed by atoms with E-state index in [0.717, 1.165) is 30.4 Å². The van der Waals surface area contributed by atoms with Gasteiger partial charge in [0.25, 0.3) is 0 Å². The van der Waals surface area contributed by atoms with Crippen molar-refractivity contribution in [3.8, 4) is 12.1 Å². The molecule has 0 amide bonds. The largest absolute Gasteiger partial charge is 0.462 e. The van der Waals surface area contributed by atoms with E-state index < -0.39 is 23.1 Å². The lowest BCUT2D eigenvalue weighted by atomic mass is 9.55. The predicted molar refractivity (Wildman–Crippen MR) is 93.5 cm³/mol. The predicted octanol–water partition coefficient (Wildman–Crippen LogP) is 3.44. The van der Waals surface area contributed by atoms with Crippen molar-refractivity contribution in [2.45, 2.75) is 38.5 Å². The van der Waals surface area contributed by atoms with Crippen molar-refractivity contribution in [3.63, 3.8) is 0 Å². The second-order valence-corrected chi connectivity index (χ2v) is 6.72. The molecule has 3 rings (SSSR count). The lowest BCUT2D eigenvalue weighted by molar-refractivity contribution is -0.141. The van der Waals surface area contributed by atoms with Crippen LogP contribution < -0.4 is 0 Å². The minimum atomic E-state index is -1.91. The minimum Gasteiger partial charge on any atom is -0.462 e. The van der Waals surface area contributed by atoms with Crippen LogP contribution in [-0.4, -0.2) is 18.4 Å². The molecule has 0 heterocycles. The zero-order valence-electron chi connectivity index (χ0n) is 14.7. The Kier molecular flexibility index (Phi) is 4.91. The number of fused-ring (bicyclic) bond motifs is 1. The van der Waals surface area contributed by atoms with Gasteiger partial charge in [-0.3, -0.25) is 4.79 Å². The molecule has 0 spiro atoms. The molecule has 0 N–H and O–H groups in total. The number of nitriles is 2. The Morgan fingerprint density at radius 3 is 2.54 bits per heavy atom. The lowest BCUT2D eigenvalue weighted by Crippen LogP contribution is -2.47. The first kappa shape index (κ1) is 17.9. The van der Waals surface area contributed by atoms with E-state index in [-0.39, 0.29) is 18.1 Å². The summed E-state index contributed by atoms with van der Waals surface area (Å²) in [5.74, 6) is -2.16. The number of Topliss-reactive ketones (excluding diaryl/α,β-unsaturated/α-hetero) is 1. The van der Waals surface area contributed by atoms with Crippen LogP contribution in [0.4, 0.5) is 0 Å². The first-order valence-electron chi connectivity index (χ1n) is 8.93. The number of hydrogen-bond acceptors (Lipinski definition) is 5. The number of allylic oxidation sites excluding steroid dienone is 1.